The molecule has 1 aromatic heterocycles. The predicted molar refractivity (Wildman–Crippen MR) is 71.3 cm³/mol. The zero-order valence-corrected chi connectivity index (χ0v) is 11.5. The summed E-state index contributed by atoms with van der Waals surface area (Å²) in [5.41, 5.74) is 0.995. The lowest BCUT2D eigenvalue weighted by atomic mass is 10.2. The summed E-state index contributed by atoms with van der Waals surface area (Å²) in [6.07, 6.45) is 3.17. The van der Waals surface area contributed by atoms with Gasteiger partial charge in [-0.15, -0.1) is 0 Å². The molecule has 0 saturated carbocycles. The van der Waals surface area contributed by atoms with Crippen LogP contribution in [-0.4, -0.2) is 23.5 Å². The van der Waals surface area contributed by atoms with Crippen LogP contribution < -0.4 is 5.32 Å². The fourth-order valence-corrected chi connectivity index (χ4v) is 1.85. The molecule has 5 nitrogen and oxygen atoms in total. The van der Waals surface area contributed by atoms with Gasteiger partial charge in [0.15, 0.2) is 5.76 Å². The smallest absolute Gasteiger partial charge is 0.303 e. The van der Waals surface area contributed by atoms with E-state index in [0.29, 0.717) is 18.7 Å². The minimum absolute atomic E-state index is 0.186. The van der Waals surface area contributed by atoms with Crippen molar-refractivity contribution in [3.63, 3.8) is 0 Å². The molecular formula is C14H21NO4. The van der Waals surface area contributed by atoms with Gasteiger partial charge in [-0.3, -0.25) is 9.59 Å². The minimum atomic E-state index is -0.776. The number of unbranched alkanes of at least 4 members (excludes halogenated alkanes) is 2. The van der Waals surface area contributed by atoms with Crippen LogP contribution in [0, 0.1) is 6.92 Å². The van der Waals surface area contributed by atoms with Crippen LogP contribution in [0.25, 0.3) is 0 Å². The third-order valence-electron chi connectivity index (χ3n) is 2.92. The highest BCUT2D eigenvalue weighted by molar-refractivity contribution is 5.91. The number of amides is 1. The number of aliphatic carboxylic acids is 1. The van der Waals surface area contributed by atoms with E-state index in [0.717, 1.165) is 30.6 Å². The summed E-state index contributed by atoms with van der Waals surface area (Å²) in [5.74, 6) is 0.203. The molecule has 0 unspecified atom stereocenters. The number of furan rings is 1. The Bertz CT molecular complexity index is 437. The summed E-state index contributed by atoms with van der Waals surface area (Å²) < 4.78 is 5.45. The Balaban J connectivity index is 2.25. The molecule has 1 rings (SSSR count). The normalized spacial score (nSPS) is 10.4. The molecule has 0 aliphatic heterocycles. The van der Waals surface area contributed by atoms with E-state index in [1.807, 2.05) is 13.8 Å². The largest absolute Gasteiger partial charge is 0.481 e. The summed E-state index contributed by atoms with van der Waals surface area (Å²) in [6, 6.07) is 1.75. The third-order valence-corrected chi connectivity index (χ3v) is 2.92. The van der Waals surface area contributed by atoms with Gasteiger partial charge in [-0.2, -0.15) is 0 Å². The van der Waals surface area contributed by atoms with Crippen molar-refractivity contribution in [2.45, 2.75) is 46.0 Å². The summed E-state index contributed by atoms with van der Waals surface area (Å²) in [4.78, 5) is 22.1. The maximum Gasteiger partial charge on any atom is 0.303 e. The second kappa shape index (κ2) is 7.61. The number of carboxylic acids is 1. The van der Waals surface area contributed by atoms with Crippen molar-refractivity contribution in [3.05, 3.63) is 23.2 Å². The number of hydrogen-bond donors (Lipinski definition) is 2. The molecule has 0 spiro atoms. The van der Waals surface area contributed by atoms with Gasteiger partial charge >= 0.3 is 5.97 Å². The number of aryl methyl sites for hydroxylation is 2. The van der Waals surface area contributed by atoms with Crippen molar-refractivity contribution in [1.29, 1.82) is 0 Å². The van der Waals surface area contributed by atoms with E-state index in [4.69, 9.17) is 9.52 Å². The molecule has 0 bridgehead atoms. The van der Waals surface area contributed by atoms with Gasteiger partial charge in [0.05, 0.1) is 0 Å². The standard InChI is InChI=1S/C14H21NO4/c1-3-11-10(2)9-12(19-11)14(18)15-8-6-4-5-7-13(16)17/h9H,3-8H2,1-2H3,(H,15,18)(H,16,17). The van der Waals surface area contributed by atoms with Crippen molar-refractivity contribution in [2.24, 2.45) is 0 Å². The highest BCUT2D eigenvalue weighted by Crippen LogP contribution is 2.14. The lowest BCUT2D eigenvalue weighted by molar-refractivity contribution is -0.137. The topological polar surface area (TPSA) is 79.5 Å². The fourth-order valence-electron chi connectivity index (χ4n) is 1.85. The van der Waals surface area contributed by atoms with Gasteiger partial charge in [0.1, 0.15) is 5.76 Å². The Morgan fingerprint density at radius 1 is 1.32 bits per heavy atom. The van der Waals surface area contributed by atoms with Gasteiger partial charge in [-0.05, 0) is 31.4 Å². The zero-order chi connectivity index (χ0) is 14.3. The number of carbonyl (C=O) groups is 2. The SMILES string of the molecule is CCc1oc(C(=O)NCCCCCC(=O)O)cc1C. The fraction of sp³-hybridized carbons (Fsp3) is 0.571. The molecule has 0 radical (unpaired) electrons. The summed E-state index contributed by atoms with van der Waals surface area (Å²) in [6.45, 7) is 4.45. The Morgan fingerprint density at radius 2 is 2.05 bits per heavy atom. The number of nitrogens with one attached hydrogen (secondary N) is 1. The maximum atomic E-state index is 11.8. The molecule has 1 amide bonds. The Hall–Kier alpha value is -1.78. The van der Waals surface area contributed by atoms with E-state index in [1.165, 1.54) is 0 Å². The number of hydrogen-bond acceptors (Lipinski definition) is 3. The number of carboxylic acid groups (broad SMARTS) is 1. The van der Waals surface area contributed by atoms with Gasteiger partial charge < -0.3 is 14.8 Å². The zero-order valence-electron chi connectivity index (χ0n) is 11.5. The number of rotatable bonds is 8. The molecule has 1 heterocycles. The first-order valence-electron chi connectivity index (χ1n) is 6.64. The van der Waals surface area contributed by atoms with E-state index in [1.54, 1.807) is 6.07 Å². The lowest BCUT2D eigenvalue weighted by Gasteiger charge is -2.02. The molecule has 0 aromatic carbocycles. The first-order valence-corrected chi connectivity index (χ1v) is 6.64. The van der Waals surface area contributed by atoms with Gasteiger partial charge in [0.2, 0.25) is 0 Å². The van der Waals surface area contributed by atoms with Crippen molar-refractivity contribution >= 4 is 11.9 Å². The Kier molecular flexibility index (Phi) is 6.12. The second-order valence-electron chi connectivity index (χ2n) is 4.53. The van der Waals surface area contributed by atoms with Gasteiger partial charge in [0.25, 0.3) is 5.91 Å². The van der Waals surface area contributed by atoms with Crippen molar-refractivity contribution < 1.29 is 19.1 Å². The van der Waals surface area contributed by atoms with E-state index < -0.39 is 5.97 Å². The molecular weight excluding hydrogens is 246 g/mol. The molecule has 1 aromatic rings. The predicted octanol–water partition coefficient (Wildman–Crippen LogP) is 2.53. The minimum Gasteiger partial charge on any atom is -0.481 e. The molecule has 19 heavy (non-hydrogen) atoms. The van der Waals surface area contributed by atoms with E-state index in [2.05, 4.69) is 5.32 Å². The maximum absolute atomic E-state index is 11.8. The molecule has 5 heteroatoms. The monoisotopic (exact) mass is 267 g/mol. The second-order valence-corrected chi connectivity index (χ2v) is 4.53. The molecule has 0 fully saturated rings. The lowest BCUT2D eigenvalue weighted by Crippen LogP contribution is -2.23. The molecule has 0 saturated heterocycles. The van der Waals surface area contributed by atoms with Gasteiger partial charge in [0, 0.05) is 19.4 Å². The molecule has 106 valence electrons. The first kappa shape index (κ1) is 15.3. The summed E-state index contributed by atoms with van der Waals surface area (Å²) in [7, 11) is 0. The summed E-state index contributed by atoms with van der Waals surface area (Å²) in [5, 5.41) is 11.2. The molecule has 0 aliphatic carbocycles. The quantitative estimate of drug-likeness (QED) is 0.709. The average Bonchev–Trinajstić information content (AvgIpc) is 2.74. The first-order chi connectivity index (χ1) is 9.04. The Morgan fingerprint density at radius 3 is 2.63 bits per heavy atom. The van der Waals surface area contributed by atoms with Crippen LogP contribution in [0.2, 0.25) is 0 Å². The van der Waals surface area contributed by atoms with Crippen LogP contribution in [-0.2, 0) is 11.2 Å². The van der Waals surface area contributed by atoms with Gasteiger partial charge in [-0.25, -0.2) is 0 Å². The highest BCUT2D eigenvalue weighted by Gasteiger charge is 2.12. The summed E-state index contributed by atoms with van der Waals surface area (Å²) >= 11 is 0. The molecule has 0 atom stereocenters. The van der Waals surface area contributed by atoms with Crippen LogP contribution in [0.15, 0.2) is 10.5 Å². The third kappa shape index (κ3) is 5.16. The van der Waals surface area contributed by atoms with Crippen molar-refractivity contribution in [1.82, 2.24) is 5.32 Å². The van der Waals surface area contributed by atoms with Crippen LogP contribution in [0.5, 0.6) is 0 Å². The van der Waals surface area contributed by atoms with Crippen LogP contribution >= 0.6 is 0 Å². The number of carbonyl (C=O) groups excluding carboxylic acids is 1. The van der Waals surface area contributed by atoms with Crippen molar-refractivity contribution in [3.8, 4) is 0 Å². The average molecular weight is 267 g/mol. The highest BCUT2D eigenvalue weighted by atomic mass is 16.4. The van der Waals surface area contributed by atoms with Gasteiger partial charge in [-0.1, -0.05) is 13.3 Å². The van der Waals surface area contributed by atoms with E-state index >= 15 is 0 Å². The molecule has 2 N–H and O–H groups in total. The molecule has 0 aliphatic rings. The van der Waals surface area contributed by atoms with Crippen LogP contribution in [0.3, 0.4) is 0 Å². The van der Waals surface area contributed by atoms with E-state index in [-0.39, 0.29) is 12.3 Å². The Labute approximate surface area is 113 Å². The van der Waals surface area contributed by atoms with Crippen LogP contribution in [0.1, 0.15) is 54.5 Å². The van der Waals surface area contributed by atoms with Crippen molar-refractivity contribution in [2.75, 3.05) is 6.54 Å². The van der Waals surface area contributed by atoms with E-state index in [9.17, 15) is 9.59 Å². The van der Waals surface area contributed by atoms with Crippen LogP contribution in [0.4, 0.5) is 0 Å².